The number of nitrogens with one attached hydrogen (secondary N) is 2. The first kappa shape index (κ1) is 23.5. The highest BCUT2D eigenvalue weighted by atomic mass is 35.5. The Labute approximate surface area is 200 Å². The van der Waals surface area contributed by atoms with E-state index in [1.54, 1.807) is 18.2 Å². The van der Waals surface area contributed by atoms with Crippen molar-refractivity contribution in [3.8, 4) is 0 Å². The fraction of sp³-hybridized carbons (Fsp3) is 0.280. The van der Waals surface area contributed by atoms with Gasteiger partial charge in [-0.3, -0.25) is 9.59 Å². The van der Waals surface area contributed by atoms with Crippen LogP contribution in [0.15, 0.2) is 59.7 Å². The molecule has 0 radical (unpaired) electrons. The molecular formula is C25H22Cl2F2N2O2. The molecule has 1 aliphatic carbocycles. The van der Waals surface area contributed by atoms with E-state index in [0.717, 1.165) is 17.7 Å². The standard InChI is InChI=1S/C25H22Cl2F2N2O2/c1-25(18-7-6-17(27)11-22(18)31-24(25)33)19(15-3-2-4-16(26)10-15)12-23(32)30-13-14-5-8-20(28)21(29)9-14/h2-9,11,15,19H,10,12-13H2,1H3,(H,30,32)(H,31,33)/t15?,19?,25-/m0/s1. The Balaban J connectivity index is 1.60. The number of hydrogen-bond donors (Lipinski definition) is 2. The Morgan fingerprint density at radius 1 is 1.21 bits per heavy atom. The first-order chi connectivity index (χ1) is 15.7. The highest BCUT2D eigenvalue weighted by Gasteiger charge is 2.51. The maximum atomic E-state index is 13.5. The van der Waals surface area contributed by atoms with Crippen LogP contribution in [0.1, 0.15) is 30.9 Å². The van der Waals surface area contributed by atoms with Crippen LogP contribution < -0.4 is 10.6 Å². The Bertz CT molecular complexity index is 1180. The van der Waals surface area contributed by atoms with Gasteiger partial charge in [0.25, 0.3) is 0 Å². The topological polar surface area (TPSA) is 58.2 Å². The molecule has 8 heteroatoms. The van der Waals surface area contributed by atoms with Crippen LogP contribution in [0.2, 0.25) is 5.02 Å². The number of fused-ring (bicyclic) bond motifs is 1. The van der Waals surface area contributed by atoms with E-state index in [-0.39, 0.29) is 30.7 Å². The molecule has 4 nitrogen and oxygen atoms in total. The van der Waals surface area contributed by atoms with Gasteiger partial charge in [-0.05, 0) is 66.6 Å². The lowest BCUT2D eigenvalue weighted by molar-refractivity contribution is -0.126. The maximum Gasteiger partial charge on any atom is 0.235 e. The lowest BCUT2D eigenvalue weighted by Gasteiger charge is -2.37. The molecule has 2 aliphatic rings. The van der Waals surface area contributed by atoms with E-state index in [1.165, 1.54) is 6.07 Å². The molecule has 2 aromatic carbocycles. The number of carbonyl (C=O) groups is 2. The Morgan fingerprint density at radius 3 is 2.73 bits per heavy atom. The van der Waals surface area contributed by atoms with Gasteiger partial charge in [0, 0.05) is 28.7 Å². The molecule has 4 rings (SSSR count). The molecule has 1 aliphatic heterocycles. The second-order valence-electron chi connectivity index (χ2n) is 8.55. The Hall–Kier alpha value is -2.70. The van der Waals surface area contributed by atoms with Crippen molar-refractivity contribution in [2.45, 2.75) is 31.7 Å². The van der Waals surface area contributed by atoms with Gasteiger partial charge in [-0.2, -0.15) is 0 Å². The molecule has 2 unspecified atom stereocenters. The van der Waals surface area contributed by atoms with Gasteiger partial charge in [0.15, 0.2) is 11.6 Å². The van der Waals surface area contributed by atoms with Gasteiger partial charge < -0.3 is 10.6 Å². The third-order valence-electron chi connectivity index (χ3n) is 6.46. The summed E-state index contributed by atoms with van der Waals surface area (Å²) in [6.45, 7) is 1.87. The smallest absolute Gasteiger partial charge is 0.235 e. The van der Waals surface area contributed by atoms with Gasteiger partial charge >= 0.3 is 0 Å². The van der Waals surface area contributed by atoms with E-state index in [9.17, 15) is 18.4 Å². The number of carbonyl (C=O) groups excluding carboxylic acids is 2. The number of halogens is 4. The summed E-state index contributed by atoms with van der Waals surface area (Å²) >= 11 is 12.4. The minimum absolute atomic E-state index is 0.0365. The molecule has 0 aromatic heterocycles. The van der Waals surface area contributed by atoms with Gasteiger partial charge in [-0.15, -0.1) is 0 Å². The summed E-state index contributed by atoms with van der Waals surface area (Å²) < 4.78 is 26.7. The van der Waals surface area contributed by atoms with Gasteiger partial charge in [0.05, 0.1) is 5.41 Å². The molecule has 0 spiro atoms. The van der Waals surface area contributed by atoms with Crippen molar-refractivity contribution >= 4 is 40.7 Å². The van der Waals surface area contributed by atoms with Crippen LogP contribution in [-0.2, 0) is 21.5 Å². The van der Waals surface area contributed by atoms with Crippen molar-refractivity contribution in [2.24, 2.45) is 11.8 Å². The fourth-order valence-corrected chi connectivity index (χ4v) is 5.08. The molecule has 1 heterocycles. The summed E-state index contributed by atoms with van der Waals surface area (Å²) in [5, 5.41) is 6.81. The molecule has 33 heavy (non-hydrogen) atoms. The predicted octanol–water partition coefficient (Wildman–Crippen LogP) is 5.85. The lowest BCUT2D eigenvalue weighted by Crippen LogP contribution is -2.45. The summed E-state index contributed by atoms with van der Waals surface area (Å²) in [6, 6.07) is 8.72. The molecule has 0 bridgehead atoms. The third-order valence-corrected chi connectivity index (χ3v) is 6.98. The van der Waals surface area contributed by atoms with Crippen LogP contribution in [0, 0.1) is 23.5 Å². The van der Waals surface area contributed by atoms with Crippen LogP contribution in [0.25, 0.3) is 0 Å². The van der Waals surface area contributed by atoms with E-state index in [2.05, 4.69) is 10.6 Å². The van der Waals surface area contributed by atoms with Crippen LogP contribution in [-0.4, -0.2) is 11.8 Å². The monoisotopic (exact) mass is 490 g/mol. The molecule has 0 saturated heterocycles. The first-order valence-electron chi connectivity index (χ1n) is 10.5. The van der Waals surface area contributed by atoms with Crippen molar-refractivity contribution in [1.82, 2.24) is 5.32 Å². The predicted molar refractivity (Wildman–Crippen MR) is 125 cm³/mol. The van der Waals surface area contributed by atoms with Crippen LogP contribution >= 0.6 is 23.2 Å². The zero-order valence-corrected chi connectivity index (χ0v) is 19.3. The number of anilines is 1. The molecule has 2 aromatic rings. The second kappa shape index (κ2) is 9.27. The van der Waals surface area contributed by atoms with Crippen LogP contribution in [0.3, 0.4) is 0 Å². The SMILES string of the molecule is C[C@]1(C(CC(=O)NCc2ccc(F)c(F)c2)C2C=CC=C(Cl)C2)C(=O)Nc2cc(Cl)ccc21. The average Bonchev–Trinajstić information content (AvgIpc) is 3.02. The molecular weight excluding hydrogens is 469 g/mol. The zero-order valence-electron chi connectivity index (χ0n) is 17.8. The lowest BCUT2D eigenvalue weighted by atomic mass is 9.64. The van der Waals surface area contributed by atoms with Crippen molar-refractivity contribution in [2.75, 3.05) is 5.32 Å². The average molecular weight is 491 g/mol. The van der Waals surface area contributed by atoms with Crippen LogP contribution in [0.5, 0.6) is 0 Å². The van der Waals surface area contributed by atoms with Crippen molar-refractivity contribution in [1.29, 1.82) is 0 Å². The third kappa shape index (κ3) is 4.68. The number of hydrogen-bond acceptors (Lipinski definition) is 2. The van der Waals surface area contributed by atoms with E-state index >= 15 is 0 Å². The van der Waals surface area contributed by atoms with Gasteiger partial charge in [0.2, 0.25) is 11.8 Å². The highest BCUT2D eigenvalue weighted by Crippen LogP contribution is 2.49. The van der Waals surface area contributed by atoms with Gasteiger partial charge in [0.1, 0.15) is 0 Å². The summed E-state index contributed by atoms with van der Waals surface area (Å²) in [7, 11) is 0. The highest BCUT2D eigenvalue weighted by molar-refractivity contribution is 6.31. The van der Waals surface area contributed by atoms with E-state index in [4.69, 9.17) is 23.2 Å². The minimum atomic E-state index is -0.997. The quantitative estimate of drug-likeness (QED) is 0.533. The normalized spacial score (nSPS) is 22.4. The van der Waals surface area contributed by atoms with Crippen molar-refractivity contribution in [3.63, 3.8) is 0 Å². The number of amides is 2. The summed E-state index contributed by atoms with van der Waals surface area (Å²) in [5.41, 5.74) is 0.841. The number of allylic oxidation sites excluding steroid dienone is 4. The molecule has 2 amide bonds. The molecule has 2 N–H and O–H groups in total. The van der Waals surface area contributed by atoms with Crippen LogP contribution in [0.4, 0.5) is 14.5 Å². The molecule has 0 saturated carbocycles. The summed E-state index contributed by atoms with van der Waals surface area (Å²) in [6.07, 6.45) is 6.14. The molecule has 3 atom stereocenters. The van der Waals surface area contributed by atoms with E-state index < -0.39 is 23.0 Å². The van der Waals surface area contributed by atoms with E-state index in [0.29, 0.717) is 27.7 Å². The Morgan fingerprint density at radius 2 is 2.00 bits per heavy atom. The second-order valence-corrected chi connectivity index (χ2v) is 9.47. The fourth-order valence-electron chi connectivity index (χ4n) is 4.66. The summed E-state index contributed by atoms with van der Waals surface area (Å²) in [4.78, 5) is 26.2. The van der Waals surface area contributed by atoms with Crippen molar-refractivity contribution in [3.05, 3.63) is 87.4 Å². The summed E-state index contributed by atoms with van der Waals surface area (Å²) in [5.74, 6) is -3.01. The molecule has 0 fully saturated rings. The Kier molecular flexibility index (Phi) is 6.59. The first-order valence-corrected chi connectivity index (χ1v) is 11.3. The van der Waals surface area contributed by atoms with Crippen molar-refractivity contribution < 1.29 is 18.4 Å². The largest absolute Gasteiger partial charge is 0.352 e. The number of benzene rings is 2. The number of rotatable bonds is 6. The van der Waals surface area contributed by atoms with E-state index in [1.807, 2.05) is 25.1 Å². The molecule has 172 valence electrons. The van der Waals surface area contributed by atoms with Gasteiger partial charge in [-0.1, -0.05) is 47.5 Å². The minimum Gasteiger partial charge on any atom is -0.352 e. The zero-order chi connectivity index (χ0) is 23.8. The van der Waals surface area contributed by atoms with Gasteiger partial charge in [-0.25, -0.2) is 8.78 Å². The maximum absolute atomic E-state index is 13.5.